The van der Waals surface area contributed by atoms with Gasteiger partial charge >= 0.3 is 0 Å². The lowest BCUT2D eigenvalue weighted by Gasteiger charge is -2.23. The fourth-order valence-corrected chi connectivity index (χ4v) is 3.39. The highest BCUT2D eigenvalue weighted by atomic mass is 16.5. The molecule has 0 aliphatic carbocycles. The van der Waals surface area contributed by atoms with Gasteiger partial charge in [-0.3, -0.25) is 4.79 Å². The van der Waals surface area contributed by atoms with Crippen LogP contribution >= 0.6 is 0 Å². The van der Waals surface area contributed by atoms with Gasteiger partial charge in [0.15, 0.2) is 11.5 Å². The van der Waals surface area contributed by atoms with Gasteiger partial charge in [0.1, 0.15) is 6.61 Å². The van der Waals surface area contributed by atoms with E-state index in [0.717, 1.165) is 41.0 Å². The second kappa shape index (κ2) is 8.26. The van der Waals surface area contributed by atoms with Crippen molar-refractivity contribution in [3.05, 3.63) is 59.2 Å². The average Bonchev–Trinajstić information content (AvgIpc) is 2.64. The van der Waals surface area contributed by atoms with E-state index in [1.165, 1.54) is 0 Å². The van der Waals surface area contributed by atoms with Crippen LogP contribution in [0.3, 0.4) is 0 Å². The fourth-order valence-electron chi connectivity index (χ4n) is 3.39. The van der Waals surface area contributed by atoms with Gasteiger partial charge in [0, 0.05) is 5.92 Å². The summed E-state index contributed by atoms with van der Waals surface area (Å²) in [6, 6.07) is 14.2. The molecular weight excluding hydrogens is 326 g/mol. The molecule has 1 heterocycles. The maximum absolute atomic E-state index is 11.8. The van der Waals surface area contributed by atoms with Crippen molar-refractivity contribution in [2.45, 2.75) is 39.7 Å². The summed E-state index contributed by atoms with van der Waals surface area (Å²) in [6.45, 7) is 5.26. The summed E-state index contributed by atoms with van der Waals surface area (Å²) in [5, 5.41) is 0. The van der Waals surface area contributed by atoms with Gasteiger partial charge in [-0.2, -0.15) is 0 Å². The number of carbonyl (C=O) groups excluding carboxylic acids is 1. The van der Waals surface area contributed by atoms with Crippen molar-refractivity contribution in [2.75, 3.05) is 6.61 Å². The molecule has 0 aromatic heterocycles. The number of aryl methyl sites for hydroxylation is 1. The molecule has 0 fully saturated rings. The van der Waals surface area contributed by atoms with E-state index in [0.29, 0.717) is 19.6 Å². The van der Waals surface area contributed by atoms with E-state index in [9.17, 15) is 4.79 Å². The minimum atomic E-state index is -0.249. The monoisotopic (exact) mass is 353 g/mol. The smallest absolute Gasteiger partial charge is 0.221 e. The van der Waals surface area contributed by atoms with Crippen molar-refractivity contribution in [1.82, 2.24) is 0 Å². The summed E-state index contributed by atoms with van der Waals surface area (Å²) in [5.74, 6) is 1.37. The maximum Gasteiger partial charge on any atom is 0.221 e. The van der Waals surface area contributed by atoms with Crippen LogP contribution in [-0.4, -0.2) is 12.5 Å². The molecule has 4 heteroatoms. The Kier molecular flexibility index (Phi) is 5.82. The lowest BCUT2D eigenvalue weighted by atomic mass is 9.87. The minimum Gasteiger partial charge on any atom is -0.489 e. The van der Waals surface area contributed by atoms with Crippen LogP contribution < -0.4 is 15.2 Å². The molecule has 0 saturated heterocycles. The Balaban J connectivity index is 1.85. The number of amides is 1. The zero-order chi connectivity index (χ0) is 18.5. The highest BCUT2D eigenvalue weighted by Crippen LogP contribution is 2.37. The van der Waals surface area contributed by atoms with Crippen LogP contribution in [-0.2, 0) is 24.2 Å². The molecule has 0 spiro atoms. The van der Waals surface area contributed by atoms with Gasteiger partial charge in [-0.1, -0.05) is 50.2 Å². The highest BCUT2D eigenvalue weighted by Gasteiger charge is 2.23. The first-order chi connectivity index (χ1) is 12.5. The molecule has 1 amide bonds. The number of nitrogens with two attached hydrogens (primary N) is 1. The van der Waals surface area contributed by atoms with E-state index in [-0.39, 0.29) is 17.7 Å². The Hall–Kier alpha value is -2.49. The van der Waals surface area contributed by atoms with Crippen molar-refractivity contribution in [1.29, 1.82) is 0 Å². The highest BCUT2D eigenvalue weighted by molar-refractivity contribution is 5.77. The third kappa shape index (κ3) is 4.37. The van der Waals surface area contributed by atoms with Crippen molar-refractivity contribution < 1.29 is 14.3 Å². The Morgan fingerprint density at radius 1 is 1.19 bits per heavy atom. The number of ether oxygens (including phenoxy) is 2. The van der Waals surface area contributed by atoms with Crippen LogP contribution in [0.15, 0.2) is 42.5 Å². The third-order valence-electron chi connectivity index (χ3n) is 4.89. The molecule has 2 N–H and O–H groups in total. The average molecular weight is 353 g/mol. The molecule has 1 atom stereocenters. The van der Waals surface area contributed by atoms with E-state index in [4.69, 9.17) is 15.2 Å². The topological polar surface area (TPSA) is 61.6 Å². The van der Waals surface area contributed by atoms with Crippen LogP contribution in [0.4, 0.5) is 0 Å². The number of primary amides is 1. The van der Waals surface area contributed by atoms with Gasteiger partial charge in [0.2, 0.25) is 5.91 Å². The molecule has 1 aliphatic heterocycles. The van der Waals surface area contributed by atoms with Crippen LogP contribution in [0.2, 0.25) is 0 Å². The molecule has 0 bridgehead atoms. The summed E-state index contributed by atoms with van der Waals surface area (Å²) in [7, 11) is 0. The maximum atomic E-state index is 11.8. The largest absolute Gasteiger partial charge is 0.489 e. The van der Waals surface area contributed by atoms with Gasteiger partial charge in [-0.05, 0) is 47.9 Å². The predicted molar refractivity (Wildman–Crippen MR) is 102 cm³/mol. The molecule has 3 rings (SSSR count). The van der Waals surface area contributed by atoms with Crippen LogP contribution in [0.25, 0.3) is 0 Å². The van der Waals surface area contributed by atoms with Crippen LogP contribution in [0.1, 0.15) is 37.0 Å². The van der Waals surface area contributed by atoms with E-state index < -0.39 is 0 Å². The lowest BCUT2D eigenvalue weighted by molar-refractivity contribution is -0.123. The molecule has 4 nitrogen and oxygen atoms in total. The van der Waals surface area contributed by atoms with E-state index >= 15 is 0 Å². The SMILES string of the molecule is CC(C)C(Cc1cc2c(c(OCc3ccccc3)c1)OCCC2)C(N)=O. The third-order valence-corrected chi connectivity index (χ3v) is 4.89. The molecule has 1 unspecified atom stereocenters. The summed E-state index contributed by atoms with van der Waals surface area (Å²) in [4.78, 5) is 11.8. The Labute approximate surface area is 155 Å². The summed E-state index contributed by atoms with van der Waals surface area (Å²) >= 11 is 0. The summed E-state index contributed by atoms with van der Waals surface area (Å²) < 4.78 is 12.0. The van der Waals surface area contributed by atoms with Gasteiger partial charge in [0.05, 0.1) is 6.61 Å². The Morgan fingerprint density at radius 3 is 2.65 bits per heavy atom. The summed E-state index contributed by atoms with van der Waals surface area (Å²) in [5.41, 5.74) is 8.95. The van der Waals surface area contributed by atoms with Crippen LogP contribution in [0.5, 0.6) is 11.5 Å². The van der Waals surface area contributed by atoms with E-state index in [1.807, 2.05) is 50.2 Å². The normalized spacial score (nSPS) is 14.4. The molecule has 0 radical (unpaired) electrons. The number of carbonyl (C=O) groups is 1. The van der Waals surface area contributed by atoms with E-state index in [2.05, 4.69) is 6.07 Å². The van der Waals surface area contributed by atoms with E-state index in [1.54, 1.807) is 0 Å². The molecule has 138 valence electrons. The molecule has 2 aromatic rings. The summed E-state index contributed by atoms with van der Waals surface area (Å²) in [6.07, 6.45) is 2.59. The second-order valence-electron chi connectivity index (χ2n) is 7.27. The van der Waals surface area contributed by atoms with Crippen molar-refractivity contribution in [3.63, 3.8) is 0 Å². The van der Waals surface area contributed by atoms with Gasteiger partial charge in [-0.15, -0.1) is 0 Å². The molecule has 1 aliphatic rings. The van der Waals surface area contributed by atoms with Crippen molar-refractivity contribution in [3.8, 4) is 11.5 Å². The number of benzene rings is 2. The lowest BCUT2D eigenvalue weighted by Crippen LogP contribution is -2.29. The number of rotatable bonds is 7. The Morgan fingerprint density at radius 2 is 1.96 bits per heavy atom. The number of hydrogen-bond acceptors (Lipinski definition) is 3. The van der Waals surface area contributed by atoms with Gasteiger partial charge in [-0.25, -0.2) is 0 Å². The minimum absolute atomic E-state index is 0.181. The zero-order valence-electron chi connectivity index (χ0n) is 15.5. The first-order valence-corrected chi connectivity index (χ1v) is 9.29. The van der Waals surface area contributed by atoms with Gasteiger partial charge in [0.25, 0.3) is 0 Å². The number of hydrogen-bond donors (Lipinski definition) is 1. The first-order valence-electron chi connectivity index (χ1n) is 9.29. The number of fused-ring (bicyclic) bond motifs is 1. The zero-order valence-corrected chi connectivity index (χ0v) is 15.5. The molecule has 26 heavy (non-hydrogen) atoms. The molecular formula is C22H27NO3. The van der Waals surface area contributed by atoms with Crippen molar-refractivity contribution in [2.24, 2.45) is 17.6 Å². The second-order valence-corrected chi connectivity index (χ2v) is 7.27. The molecule has 2 aromatic carbocycles. The molecule has 0 saturated carbocycles. The standard InChI is InChI=1S/C22H27NO3/c1-15(2)19(22(23)24)12-17-11-18-9-6-10-25-21(18)20(13-17)26-14-16-7-4-3-5-8-16/h3-5,7-8,11,13,15,19H,6,9-10,12,14H2,1-2H3,(H2,23,24). The van der Waals surface area contributed by atoms with Crippen molar-refractivity contribution >= 4 is 5.91 Å². The first kappa shape index (κ1) is 18.3. The quantitative estimate of drug-likeness (QED) is 0.821. The van der Waals surface area contributed by atoms with Gasteiger partial charge < -0.3 is 15.2 Å². The Bertz CT molecular complexity index is 755. The fraction of sp³-hybridized carbons (Fsp3) is 0.409. The van der Waals surface area contributed by atoms with Crippen LogP contribution in [0, 0.1) is 11.8 Å². The predicted octanol–water partition coefficient (Wildman–Crippen LogP) is 3.89.